The molecule has 1 aromatic carbocycles. The molecule has 0 bridgehead atoms. The van der Waals surface area contributed by atoms with Crippen LogP contribution in [0.1, 0.15) is 17.7 Å². The Morgan fingerprint density at radius 2 is 2.00 bits per heavy atom. The van der Waals surface area contributed by atoms with Gasteiger partial charge in [0.1, 0.15) is 11.5 Å². The first-order chi connectivity index (χ1) is 14.1. The third kappa shape index (κ3) is 4.32. The molecule has 8 heteroatoms. The van der Waals surface area contributed by atoms with Crippen LogP contribution in [0.2, 0.25) is 0 Å². The third-order valence-corrected chi connectivity index (χ3v) is 4.29. The van der Waals surface area contributed by atoms with Crippen LogP contribution in [0.4, 0.5) is 5.82 Å². The van der Waals surface area contributed by atoms with Gasteiger partial charge in [-0.2, -0.15) is 9.78 Å². The van der Waals surface area contributed by atoms with E-state index in [2.05, 4.69) is 20.4 Å². The van der Waals surface area contributed by atoms with Gasteiger partial charge >= 0.3 is 0 Å². The summed E-state index contributed by atoms with van der Waals surface area (Å²) >= 11 is 0. The van der Waals surface area contributed by atoms with Crippen molar-refractivity contribution in [2.45, 2.75) is 19.8 Å². The molecule has 0 fully saturated rings. The van der Waals surface area contributed by atoms with Crippen LogP contribution in [0, 0.1) is 6.92 Å². The second-order valence-electron chi connectivity index (χ2n) is 6.55. The van der Waals surface area contributed by atoms with Gasteiger partial charge in [0.15, 0.2) is 5.76 Å². The summed E-state index contributed by atoms with van der Waals surface area (Å²) in [6, 6.07) is 16.4. The van der Waals surface area contributed by atoms with E-state index in [4.69, 9.17) is 4.42 Å². The first-order valence-corrected chi connectivity index (χ1v) is 9.14. The van der Waals surface area contributed by atoms with Gasteiger partial charge in [-0.1, -0.05) is 30.3 Å². The fourth-order valence-corrected chi connectivity index (χ4v) is 2.95. The molecule has 0 aliphatic heterocycles. The van der Waals surface area contributed by atoms with Gasteiger partial charge in [-0.25, -0.2) is 4.98 Å². The van der Waals surface area contributed by atoms with E-state index in [0.29, 0.717) is 35.8 Å². The number of aromatic amines is 1. The highest BCUT2D eigenvalue weighted by Crippen LogP contribution is 2.24. The summed E-state index contributed by atoms with van der Waals surface area (Å²) in [4.78, 5) is 31.4. The van der Waals surface area contributed by atoms with E-state index in [1.54, 1.807) is 31.4 Å². The molecule has 0 aliphatic rings. The van der Waals surface area contributed by atoms with Crippen molar-refractivity contribution in [3.05, 3.63) is 82.5 Å². The molecule has 146 valence electrons. The molecule has 4 aromatic rings. The zero-order valence-corrected chi connectivity index (χ0v) is 15.8. The smallest absolute Gasteiger partial charge is 0.252 e. The Balaban J connectivity index is 1.62. The number of nitrogens with one attached hydrogen (secondary N) is 2. The van der Waals surface area contributed by atoms with Crippen molar-refractivity contribution in [3.63, 3.8) is 0 Å². The summed E-state index contributed by atoms with van der Waals surface area (Å²) in [6.45, 7) is 1.72. The Hall–Kier alpha value is -3.94. The molecule has 1 amide bonds. The Kier molecular flexibility index (Phi) is 5.07. The normalized spacial score (nSPS) is 10.8. The van der Waals surface area contributed by atoms with Crippen molar-refractivity contribution in [2.24, 2.45) is 0 Å². The molecule has 29 heavy (non-hydrogen) atoms. The zero-order chi connectivity index (χ0) is 20.2. The van der Waals surface area contributed by atoms with Crippen molar-refractivity contribution in [1.29, 1.82) is 0 Å². The number of anilines is 1. The van der Waals surface area contributed by atoms with Gasteiger partial charge in [0.05, 0.1) is 6.26 Å². The molecule has 0 radical (unpaired) electrons. The minimum Gasteiger partial charge on any atom is -0.463 e. The van der Waals surface area contributed by atoms with Crippen LogP contribution in [-0.4, -0.2) is 25.7 Å². The van der Waals surface area contributed by atoms with E-state index < -0.39 is 0 Å². The molecule has 0 atom stereocenters. The van der Waals surface area contributed by atoms with Crippen molar-refractivity contribution in [2.75, 3.05) is 5.32 Å². The molecule has 0 spiro atoms. The minimum atomic E-state index is -0.302. The number of hydrogen-bond acceptors (Lipinski definition) is 5. The van der Waals surface area contributed by atoms with E-state index in [-0.39, 0.29) is 17.4 Å². The molecular formula is C21H19N5O3. The number of carbonyl (C=O) groups is 1. The lowest BCUT2D eigenvalue weighted by atomic mass is 10.1. The topological polar surface area (TPSA) is 106 Å². The number of furan rings is 1. The van der Waals surface area contributed by atoms with Crippen LogP contribution in [0.3, 0.4) is 0 Å². The average molecular weight is 389 g/mol. The minimum absolute atomic E-state index is 0.170. The largest absolute Gasteiger partial charge is 0.463 e. The fourth-order valence-electron chi connectivity index (χ4n) is 2.95. The van der Waals surface area contributed by atoms with Gasteiger partial charge in [0.2, 0.25) is 11.9 Å². The molecule has 0 aliphatic carbocycles. The van der Waals surface area contributed by atoms with Gasteiger partial charge in [-0.15, -0.1) is 0 Å². The number of aryl methyl sites for hydroxylation is 2. The number of rotatable bonds is 6. The number of nitrogens with zero attached hydrogens (tertiary/aromatic N) is 3. The van der Waals surface area contributed by atoms with Crippen LogP contribution >= 0.6 is 0 Å². The standard InChI is InChI=1S/C21H19N5O3/c1-14-12-20(28)24-21(22-14)26-18(13-16(25-26)17-8-5-11-29-17)23-19(27)10-9-15-6-3-2-4-7-15/h2-8,11-13H,9-10H2,1H3,(H,23,27)(H,22,24,28). The molecule has 4 rings (SSSR count). The van der Waals surface area contributed by atoms with E-state index in [1.165, 1.54) is 10.7 Å². The number of benzene rings is 1. The Labute approximate surface area is 166 Å². The lowest BCUT2D eigenvalue weighted by Gasteiger charge is -2.08. The van der Waals surface area contributed by atoms with Crippen LogP contribution < -0.4 is 10.9 Å². The van der Waals surface area contributed by atoms with Gasteiger partial charge in [-0.05, 0) is 31.0 Å². The van der Waals surface area contributed by atoms with Gasteiger partial charge in [0, 0.05) is 24.2 Å². The predicted molar refractivity (Wildman–Crippen MR) is 108 cm³/mol. The number of H-pyrrole nitrogens is 1. The molecule has 0 unspecified atom stereocenters. The second-order valence-corrected chi connectivity index (χ2v) is 6.55. The highest BCUT2D eigenvalue weighted by molar-refractivity contribution is 5.90. The molecule has 3 heterocycles. The Bertz CT molecular complexity index is 1180. The second kappa shape index (κ2) is 7.97. The van der Waals surface area contributed by atoms with Crippen LogP contribution in [0.15, 0.2) is 70.1 Å². The number of aromatic nitrogens is 4. The van der Waals surface area contributed by atoms with E-state index in [9.17, 15) is 9.59 Å². The van der Waals surface area contributed by atoms with Gasteiger partial charge in [-0.3, -0.25) is 14.6 Å². The van der Waals surface area contributed by atoms with Gasteiger partial charge < -0.3 is 9.73 Å². The van der Waals surface area contributed by atoms with Crippen LogP contribution in [0.25, 0.3) is 17.4 Å². The maximum atomic E-state index is 12.5. The summed E-state index contributed by atoms with van der Waals surface area (Å²) in [7, 11) is 0. The lowest BCUT2D eigenvalue weighted by Crippen LogP contribution is -2.19. The van der Waals surface area contributed by atoms with Crippen LogP contribution in [0.5, 0.6) is 0 Å². The summed E-state index contributed by atoms with van der Waals surface area (Å²) in [6.07, 6.45) is 2.47. The Morgan fingerprint density at radius 1 is 1.17 bits per heavy atom. The maximum absolute atomic E-state index is 12.5. The highest BCUT2D eigenvalue weighted by atomic mass is 16.3. The summed E-state index contributed by atoms with van der Waals surface area (Å²) in [5.74, 6) is 0.976. The first kappa shape index (κ1) is 18.4. The maximum Gasteiger partial charge on any atom is 0.252 e. The summed E-state index contributed by atoms with van der Waals surface area (Å²) in [5, 5.41) is 7.31. The SMILES string of the molecule is Cc1cc(=O)[nH]c(-n2nc(-c3ccco3)cc2NC(=O)CCc2ccccc2)n1. The summed E-state index contributed by atoms with van der Waals surface area (Å²) in [5.41, 5.74) is 1.83. The first-order valence-electron chi connectivity index (χ1n) is 9.14. The summed E-state index contributed by atoms with van der Waals surface area (Å²) < 4.78 is 6.80. The number of carbonyl (C=O) groups excluding carboxylic acids is 1. The molecule has 2 N–H and O–H groups in total. The van der Waals surface area contributed by atoms with Gasteiger partial charge in [0.25, 0.3) is 5.56 Å². The third-order valence-electron chi connectivity index (χ3n) is 4.29. The van der Waals surface area contributed by atoms with Crippen LogP contribution in [-0.2, 0) is 11.2 Å². The average Bonchev–Trinajstić information content (AvgIpc) is 3.36. The van der Waals surface area contributed by atoms with E-state index in [0.717, 1.165) is 5.56 Å². The van der Waals surface area contributed by atoms with Crippen molar-refractivity contribution in [3.8, 4) is 17.4 Å². The number of amides is 1. The highest BCUT2D eigenvalue weighted by Gasteiger charge is 2.17. The molecule has 0 saturated carbocycles. The van der Waals surface area contributed by atoms with Crippen molar-refractivity contribution >= 4 is 11.7 Å². The van der Waals surface area contributed by atoms with E-state index in [1.807, 2.05) is 30.3 Å². The van der Waals surface area contributed by atoms with E-state index >= 15 is 0 Å². The zero-order valence-electron chi connectivity index (χ0n) is 15.8. The van der Waals surface area contributed by atoms with Crippen molar-refractivity contribution in [1.82, 2.24) is 19.7 Å². The lowest BCUT2D eigenvalue weighted by molar-refractivity contribution is -0.116. The fraction of sp³-hybridized carbons (Fsp3) is 0.143. The Morgan fingerprint density at radius 3 is 2.72 bits per heavy atom. The molecule has 3 aromatic heterocycles. The van der Waals surface area contributed by atoms with Crippen molar-refractivity contribution < 1.29 is 9.21 Å². The predicted octanol–water partition coefficient (Wildman–Crippen LogP) is 3.10. The molecular weight excluding hydrogens is 370 g/mol. The number of hydrogen-bond donors (Lipinski definition) is 2. The quantitative estimate of drug-likeness (QED) is 0.527. The molecule has 0 saturated heterocycles. The monoisotopic (exact) mass is 389 g/mol. The molecule has 8 nitrogen and oxygen atoms in total.